The highest BCUT2D eigenvalue weighted by Gasteiger charge is 2.25. The van der Waals surface area contributed by atoms with E-state index in [0.29, 0.717) is 12.8 Å². The largest absolute Gasteiger partial charge is 0.362 e. The molecule has 0 aromatic rings. The SMILES string of the molecule is COC(Cl)(CC#N)CCC#N. The molecular weight excluding hydrogens is 164 g/mol. The molecule has 0 aliphatic rings. The van der Waals surface area contributed by atoms with E-state index in [1.807, 2.05) is 12.1 Å². The molecule has 0 aliphatic heterocycles. The molecule has 0 saturated carbocycles. The Bertz CT molecular complexity index is 194. The summed E-state index contributed by atoms with van der Waals surface area (Å²) in [6, 6.07) is 3.84. The van der Waals surface area contributed by atoms with Gasteiger partial charge in [0.2, 0.25) is 0 Å². The summed E-state index contributed by atoms with van der Waals surface area (Å²) in [5.41, 5.74) is 0. The van der Waals surface area contributed by atoms with Crippen LogP contribution >= 0.6 is 11.6 Å². The first-order valence-corrected chi connectivity index (χ1v) is 3.54. The summed E-state index contributed by atoms with van der Waals surface area (Å²) >= 11 is 5.81. The summed E-state index contributed by atoms with van der Waals surface area (Å²) in [4.78, 5) is 0. The first-order chi connectivity index (χ1) is 5.18. The minimum Gasteiger partial charge on any atom is -0.362 e. The number of hydrogen-bond acceptors (Lipinski definition) is 3. The predicted octanol–water partition coefficient (Wildman–Crippen LogP) is 1.79. The Balaban J connectivity index is 3.92. The van der Waals surface area contributed by atoms with Crippen LogP contribution in [0.2, 0.25) is 0 Å². The smallest absolute Gasteiger partial charge is 0.155 e. The number of alkyl halides is 1. The van der Waals surface area contributed by atoms with Crippen molar-refractivity contribution in [1.29, 1.82) is 10.5 Å². The fourth-order valence-corrected chi connectivity index (χ4v) is 0.777. The van der Waals surface area contributed by atoms with Crippen LogP contribution in [0.15, 0.2) is 0 Å². The summed E-state index contributed by atoms with van der Waals surface area (Å²) in [5, 5.41) is 15.6. The second-order valence-corrected chi connectivity index (χ2v) is 2.77. The van der Waals surface area contributed by atoms with E-state index in [0.717, 1.165) is 0 Å². The van der Waals surface area contributed by atoms with Crippen LogP contribution in [0.1, 0.15) is 19.3 Å². The number of halogens is 1. The Labute approximate surface area is 71.1 Å². The third kappa shape index (κ3) is 3.83. The number of hydrogen-bond donors (Lipinski definition) is 0. The minimum absolute atomic E-state index is 0.104. The summed E-state index contributed by atoms with van der Waals surface area (Å²) in [5.74, 6) is 0. The minimum atomic E-state index is -0.968. The van der Waals surface area contributed by atoms with E-state index in [2.05, 4.69) is 0 Å². The van der Waals surface area contributed by atoms with Gasteiger partial charge in [-0.3, -0.25) is 0 Å². The molecule has 1 atom stereocenters. The van der Waals surface area contributed by atoms with Crippen LogP contribution in [0.5, 0.6) is 0 Å². The highest BCUT2D eigenvalue weighted by Crippen LogP contribution is 2.25. The zero-order valence-corrected chi connectivity index (χ0v) is 7.06. The monoisotopic (exact) mass is 172 g/mol. The number of nitrogens with zero attached hydrogens (tertiary/aromatic N) is 2. The molecular formula is C7H9ClN2O. The van der Waals surface area contributed by atoms with Gasteiger partial charge in [0.15, 0.2) is 5.06 Å². The topological polar surface area (TPSA) is 56.8 Å². The molecule has 60 valence electrons. The zero-order chi connectivity index (χ0) is 8.74. The van der Waals surface area contributed by atoms with Gasteiger partial charge >= 0.3 is 0 Å². The summed E-state index contributed by atoms with van der Waals surface area (Å²) in [7, 11) is 1.43. The molecule has 0 saturated heterocycles. The van der Waals surface area contributed by atoms with Crippen molar-refractivity contribution in [2.75, 3.05) is 7.11 Å². The molecule has 0 amide bonds. The molecule has 0 bridgehead atoms. The first kappa shape index (κ1) is 10.2. The van der Waals surface area contributed by atoms with Crippen LogP contribution in [-0.4, -0.2) is 12.2 Å². The van der Waals surface area contributed by atoms with Gasteiger partial charge in [0.05, 0.1) is 18.6 Å². The lowest BCUT2D eigenvalue weighted by atomic mass is 10.1. The number of nitriles is 2. The maximum absolute atomic E-state index is 8.33. The van der Waals surface area contributed by atoms with Gasteiger partial charge in [-0.25, -0.2) is 0 Å². The third-order valence-electron chi connectivity index (χ3n) is 1.32. The average Bonchev–Trinajstić information content (AvgIpc) is 2.02. The van der Waals surface area contributed by atoms with E-state index in [-0.39, 0.29) is 6.42 Å². The van der Waals surface area contributed by atoms with Gasteiger partial charge in [0, 0.05) is 20.0 Å². The molecule has 0 fully saturated rings. The van der Waals surface area contributed by atoms with E-state index in [1.165, 1.54) is 7.11 Å². The second kappa shape index (κ2) is 4.96. The van der Waals surface area contributed by atoms with E-state index in [1.54, 1.807) is 0 Å². The van der Waals surface area contributed by atoms with Gasteiger partial charge in [-0.1, -0.05) is 11.6 Å². The van der Waals surface area contributed by atoms with Crippen molar-refractivity contribution in [2.45, 2.75) is 24.3 Å². The van der Waals surface area contributed by atoms with Gasteiger partial charge in [-0.2, -0.15) is 10.5 Å². The lowest BCUT2D eigenvalue weighted by Crippen LogP contribution is -2.22. The first-order valence-electron chi connectivity index (χ1n) is 3.16. The van der Waals surface area contributed by atoms with Crippen LogP contribution in [0.4, 0.5) is 0 Å². The summed E-state index contributed by atoms with van der Waals surface area (Å²) < 4.78 is 4.87. The molecule has 11 heavy (non-hydrogen) atoms. The van der Waals surface area contributed by atoms with Crippen molar-refractivity contribution in [3.05, 3.63) is 0 Å². The van der Waals surface area contributed by atoms with Crippen LogP contribution in [0, 0.1) is 22.7 Å². The molecule has 0 radical (unpaired) electrons. The van der Waals surface area contributed by atoms with Crippen molar-refractivity contribution in [2.24, 2.45) is 0 Å². The molecule has 0 rings (SSSR count). The Hall–Kier alpha value is -0.770. The van der Waals surface area contributed by atoms with Gasteiger partial charge in [0.1, 0.15) is 0 Å². The van der Waals surface area contributed by atoms with Crippen LogP contribution in [0.3, 0.4) is 0 Å². The average molecular weight is 173 g/mol. The summed E-state index contributed by atoms with van der Waals surface area (Å²) in [6.07, 6.45) is 0.793. The number of methoxy groups -OCH3 is 1. The molecule has 1 unspecified atom stereocenters. The van der Waals surface area contributed by atoms with E-state index < -0.39 is 5.06 Å². The Morgan fingerprint density at radius 2 is 2.09 bits per heavy atom. The van der Waals surface area contributed by atoms with Crippen LogP contribution in [-0.2, 0) is 4.74 Å². The quantitative estimate of drug-likeness (QED) is 0.608. The lowest BCUT2D eigenvalue weighted by molar-refractivity contribution is 0.0615. The van der Waals surface area contributed by atoms with Gasteiger partial charge in [0.25, 0.3) is 0 Å². The fraction of sp³-hybridized carbons (Fsp3) is 0.714. The molecule has 0 spiro atoms. The standard InChI is InChI=1S/C7H9ClN2O/c1-11-7(8,4-6-10)3-2-5-9/h2-4H2,1H3. The number of rotatable bonds is 4. The maximum atomic E-state index is 8.33. The van der Waals surface area contributed by atoms with Gasteiger partial charge in [-0.05, 0) is 0 Å². The normalized spacial score (nSPS) is 14.5. The highest BCUT2D eigenvalue weighted by molar-refractivity contribution is 6.23. The van der Waals surface area contributed by atoms with Crippen molar-refractivity contribution < 1.29 is 4.74 Å². The fourth-order valence-electron chi connectivity index (χ4n) is 0.623. The summed E-state index contributed by atoms with van der Waals surface area (Å²) in [6.45, 7) is 0. The molecule has 0 N–H and O–H groups in total. The molecule has 4 heteroatoms. The molecule has 0 aromatic carbocycles. The van der Waals surface area contributed by atoms with Crippen molar-refractivity contribution in [1.82, 2.24) is 0 Å². The predicted molar refractivity (Wildman–Crippen MR) is 40.7 cm³/mol. The Kier molecular flexibility index (Phi) is 4.61. The Morgan fingerprint density at radius 1 is 1.45 bits per heavy atom. The molecule has 0 aliphatic carbocycles. The van der Waals surface area contributed by atoms with Crippen LogP contribution < -0.4 is 0 Å². The molecule has 0 heterocycles. The van der Waals surface area contributed by atoms with Crippen molar-refractivity contribution in [3.8, 4) is 12.1 Å². The van der Waals surface area contributed by atoms with Crippen LogP contribution in [0.25, 0.3) is 0 Å². The maximum Gasteiger partial charge on any atom is 0.155 e. The van der Waals surface area contributed by atoms with Crippen molar-refractivity contribution in [3.63, 3.8) is 0 Å². The lowest BCUT2D eigenvalue weighted by Gasteiger charge is -2.20. The molecule has 3 nitrogen and oxygen atoms in total. The van der Waals surface area contributed by atoms with Crippen molar-refractivity contribution >= 4 is 11.6 Å². The van der Waals surface area contributed by atoms with Gasteiger partial charge in [-0.15, -0.1) is 0 Å². The Morgan fingerprint density at radius 3 is 2.45 bits per heavy atom. The third-order valence-corrected chi connectivity index (χ3v) is 1.80. The van der Waals surface area contributed by atoms with E-state index in [4.69, 9.17) is 26.9 Å². The molecule has 0 aromatic heterocycles. The second-order valence-electron chi connectivity index (χ2n) is 2.08. The highest BCUT2D eigenvalue weighted by atomic mass is 35.5. The van der Waals surface area contributed by atoms with Gasteiger partial charge < -0.3 is 4.74 Å². The van der Waals surface area contributed by atoms with E-state index in [9.17, 15) is 0 Å². The zero-order valence-electron chi connectivity index (χ0n) is 6.30. The van der Waals surface area contributed by atoms with E-state index >= 15 is 0 Å². The number of ether oxygens (including phenoxy) is 1.